The summed E-state index contributed by atoms with van der Waals surface area (Å²) in [4.78, 5) is 14.2. The molecular formula is C15H22N2O2. The minimum Gasteiger partial charge on any atom is -0.495 e. The molecule has 1 aliphatic heterocycles. The van der Waals surface area contributed by atoms with Crippen molar-refractivity contribution in [2.45, 2.75) is 25.8 Å². The predicted octanol–water partition coefficient (Wildman–Crippen LogP) is 2.05. The van der Waals surface area contributed by atoms with Crippen molar-refractivity contribution in [1.82, 2.24) is 5.32 Å². The van der Waals surface area contributed by atoms with E-state index in [9.17, 15) is 4.79 Å². The lowest BCUT2D eigenvalue weighted by atomic mass is 9.93. The zero-order valence-corrected chi connectivity index (χ0v) is 11.8. The van der Waals surface area contributed by atoms with E-state index in [-0.39, 0.29) is 11.9 Å². The lowest BCUT2D eigenvalue weighted by Gasteiger charge is -2.31. The van der Waals surface area contributed by atoms with Gasteiger partial charge in [0.15, 0.2) is 0 Å². The molecule has 2 atom stereocenters. The van der Waals surface area contributed by atoms with E-state index in [4.69, 9.17) is 4.74 Å². The molecular weight excluding hydrogens is 240 g/mol. The van der Waals surface area contributed by atoms with E-state index in [1.54, 1.807) is 19.1 Å². The number of carbonyl (C=O) groups excluding carboxylic acids is 1. The third-order valence-electron chi connectivity index (χ3n) is 3.74. The van der Waals surface area contributed by atoms with Crippen molar-refractivity contribution in [3.05, 3.63) is 24.3 Å². The van der Waals surface area contributed by atoms with Crippen LogP contribution in [-0.4, -0.2) is 32.7 Å². The molecule has 0 bridgehead atoms. The fourth-order valence-corrected chi connectivity index (χ4v) is 2.55. The maximum atomic E-state index is 12.5. The van der Waals surface area contributed by atoms with Gasteiger partial charge in [0, 0.05) is 7.05 Å². The highest BCUT2D eigenvalue weighted by Gasteiger charge is 2.28. The van der Waals surface area contributed by atoms with Crippen LogP contribution in [0.1, 0.15) is 19.8 Å². The number of hydrogen-bond acceptors (Lipinski definition) is 3. The predicted molar refractivity (Wildman–Crippen MR) is 76.6 cm³/mol. The lowest BCUT2D eigenvalue weighted by Crippen LogP contribution is -2.49. The molecule has 1 heterocycles. The quantitative estimate of drug-likeness (QED) is 0.906. The summed E-state index contributed by atoms with van der Waals surface area (Å²) in [5.74, 6) is 1.43. The number of anilines is 1. The maximum absolute atomic E-state index is 12.5. The van der Waals surface area contributed by atoms with Crippen LogP contribution in [0.5, 0.6) is 5.75 Å². The largest absolute Gasteiger partial charge is 0.495 e. The molecule has 2 unspecified atom stereocenters. The highest BCUT2D eigenvalue weighted by Crippen LogP contribution is 2.28. The van der Waals surface area contributed by atoms with E-state index in [0.29, 0.717) is 5.92 Å². The third-order valence-corrected chi connectivity index (χ3v) is 3.74. The number of hydrogen-bond donors (Lipinski definition) is 1. The second kappa shape index (κ2) is 6.06. The standard InChI is InChI=1S/C15H22N2O2/c1-11-8-9-16-12(10-11)15(18)17(2)13-6-4-5-7-14(13)19-3/h4-7,11-12,16H,8-10H2,1-3H3. The fraction of sp³-hybridized carbons (Fsp3) is 0.533. The van der Waals surface area contributed by atoms with Crippen molar-refractivity contribution >= 4 is 11.6 Å². The van der Waals surface area contributed by atoms with Crippen molar-refractivity contribution in [3.63, 3.8) is 0 Å². The smallest absolute Gasteiger partial charge is 0.243 e. The highest BCUT2D eigenvalue weighted by molar-refractivity contribution is 5.98. The summed E-state index contributed by atoms with van der Waals surface area (Å²) in [7, 11) is 3.43. The molecule has 1 aromatic rings. The number of nitrogens with zero attached hydrogens (tertiary/aromatic N) is 1. The summed E-state index contributed by atoms with van der Waals surface area (Å²) in [6, 6.07) is 7.51. The summed E-state index contributed by atoms with van der Waals surface area (Å²) in [6.07, 6.45) is 2.04. The van der Waals surface area contributed by atoms with E-state index in [1.165, 1.54) is 0 Å². The second-order valence-corrected chi connectivity index (χ2v) is 5.21. The number of nitrogens with one attached hydrogen (secondary N) is 1. The van der Waals surface area contributed by atoms with Crippen molar-refractivity contribution in [2.75, 3.05) is 25.6 Å². The minimum absolute atomic E-state index is 0.0846. The van der Waals surface area contributed by atoms with Gasteiger partial charge in [-0.05, 0) is 37.4 Å². The van der Waals surface area contributed by atoms with E-state index in [2.05, 4.69) is 12.2 Å². The average molecular weight is 262 g/mol. The van der Waals surface area contributed by atoms with Crippen LogP contribution in [0.15, 0.2) is 24.3 Å². The topological polar surface area (TPSA) is 41.6 Å². The molecule has 0 saturated carbocycles. The molecule has 104 valence electrons. The number of likely N-dealkylation sites (N-methyl/N-ethyl adjacent to an activating group) is 1. The van der Waals surface area contributed by atoms with Crippen LogP contribution < -0.4 is 15.0 Å². The lowest BCUT2D eigenvalue weighted by molar-refractivity contribution is -0.121. The molecule has 0 spiro atoms. The Kier molecular flexibility index (Phi) is 4.43. The average Bonchev–Trinajstić information content (AvgIpc) is 2.45. The van der Waals surface area contributed by atoms with Crippen LogP contribution in [0.4, 0.5) is 5.69 Å². The van der Waals surface area contributed by atoms with Gasteiger partial charge in [-0.1, -0.05) is 19.1 Å². The molecule has 1 aliphatic rings. The fourth-order valence-electron chi connectivity index (χ4n) is 2.55. The summed E-state index contributed by atoms with van der Waals surface area (Å²) >= 11 is 0. The van der Waals surface area contributed by atoms with Gasteiger partial charge in [-0.3, -0.25) is 4.79 Å². The first-order valence-electron chi connectivity index (χ1n) is 6.77. The van der Waals surface area contributed by atoms with Crippen LogP contribution in [0.25, 0.3) is 0 Å². The first-order valence-corrected chi connectivity index (χ1v) is 6.77. The van der Waals surface area contributed by atoms with Crippen LogP contribution in [-0.2, 0) is 4.79 Å². The Bertz CT molecular complexity index is 448. The molecule has 1 N–H and O–H groups in total. The zero-order valence-electron chi connectivity index (χ0n) is 11.8. The van der Waals surface area contributed by atoms with E-state index >= 15 is 0 Å². The number of benzene rings is 1. The number of rotatable bonds is 3. The third kappa shape index (κ3) is 3.07. The molecule has 4 heteroatoms. The normalized spacial score (nSPS) is 22.9. The van der Waals surface area contributed by atoms with Gasteiger partial charge < -0.3 is 15.0 Å². The van der Waals surface area contributed by atoms with Crippen molar-refractivity contribution in [2.24, 2.45) is 5.92 Å². The Morgan fingerprint density at radius 3 is 2.84 bits per heavy atom. The Morgan fingerprint density at radius 2 is 2.16 bits per heavy atom. The number of ether oxygens (including phenoxy) is 1. The Hall–Kier alpha value is -1.55. The van der Waals surface area contributed by atoms with Crippen molar-refractivity contribution < 1.29 is 9.53 Å². The van der Waals surface area contributed by atoms with Crippen LogP contribution in [0, 0.1) is 5.92 Å². The molecule has 2 rings (SSSR count). The molecule has 1 aromatic carbocycles. The van der Waals surface area contributed by atoms with Crippen LogP contribution in [0.2, 0.25) is 0 Å². The first-order chi connectivity index (χ1) is 9.13. The summed E-state index contributed by atoms with van der Waals surface area (Å²) in [5, 5.41) is 3.31. The molecule has 1 saturated heterocycles. The number of amides is 1. The zero-order chi connectivity index (χ0) is 13.8. The summed E-state index contributed by atoms with van der Waals surface area (Å²) in [6.45, 7) is 3.11. The number of para-hydroxylation sites is 2. The van der Waals surface area contributed by atoms with E-state index in [0.717, 1.165) is 30.8 Å². The molecule has 0 aliphatic carbocycles. The minimum atomic E-state index is -0.0846. The van der Waals surface area contributed by atoms with Crippen molar-refractivity contribution in [3.8, 4) is 5.75 Å². The number of methoxy groups -OCH3 is 1. The van der Waals surface area contributed by atoms with Gasteiger partial charge in [-0.15, -0.1) is 0 Å². The second-order valence-electron chi connectivity index (χ2n) is 5.21. The Balaban J connectivity index is 2.14. The number of carbonyl (C=O) groups is 1. The van der Waals surface area contributed by atoms with Gasteiger partial charge in [0.1, 0.15) is 5.75 Å². The summed E-state index contributed by atoms with van der Waals surface area (Å²) in [5.41, 5.74) is 0.815. The van der Waals surface area contributed by atoms with E-state index < -0.39 is 0 Å². The van der Waals surface area contributed by atoms with Crippen LogP contribution >= 0.6 is 0 Å². The molecule has 1 fully saturated rings. The Labute approximate surface area is 114 Å². The van der Waals surface area contributed by atoms with Gasteiger partial charge >= 0.3 is 0 Å². The first kappa shape index (κ1) is 13.9. The maximum Gasteiger partial charge on any atom is 0.243 e. The summed E-state index contributed by atoms with van der Waals surface area (Å²) < 4.78 is 5.31. The Morgan fingerprint density at radius 1 is 1.42 bits per heavy atom. The highest BCUT2D eigenvalue weighted by atomic mass is 16.5. The molecule has 19 heavy (non-hydrogen) atoms. The van der Waals surface area contributed by atoms with Gasteiger partial charge in [-0.2, -0.15) is 0 Å². The number of piperidine rings is 1. The van der Waals surface area contributed by atoms with Crippen molar-refractivity contribution in [1.29, 1.82) is 0 Å². The monoisotopic (exact) mass is 262 g/mol. The molecule has 0 radical (unpaired) electrons. The van der Waals surface area contributed by atoms with Crippen LogP contribution in [0.3, 0.4) is 0 Å². The molecule has 1 amide bonds. The van der Waals surface area contributed by atoms with E-state index in [1.807, 2.05) is 24.3 Å². The molecule has 0 aromatic heterocycles. The van der Waals surface area contributed by atoms with Gasteiger partial charge in [0.05, 0.1) is 18.8 Å². The van der Waals surface area contributed by atoms with Gasteiger partial charge in [-0.25, -0.2) is 0 Å². The molecule has 4 nitrogen and oxygen atoms in total. The SMILES string of the molecule is COc1ccccc1N(C)C(=O)C1CC(C)CCN1. The van der Waals surface area contributed by atoms with Gasteiger partial charge in [0.25, 0.3) is 0 Å². The van der Waals surface area contributed by atoms with Gasteiger partial charge in [0.2, 0.25) is 5.91 Å².